The summed E-state index contributed by atoms with van der Waals surface area (Å²) in [6.45, 7) is 6.17. The number of ketones is 1. The first-order valence-corrected chi connectivity index (χ1v) is 7.51. The molecule has 0 N–H and O–H groups in total. The van der Waals surface area contributed by atoms with E-state index >= 15 is 0 Å². The van der Waals surface area contributed by atoms with Crippen LogP contribution in [0.4, 0.5) is 5.69 Å². The first-order chi connectivity index (χ1) is 9.16. The zero-order valence-electron chi connectivity index (χ0n) is 12.2. The number of anilines is 1. The van der Waals surface area contributed by atoms with E-state index in [1.54, 1.807) is 6.92 Å². The van der Waals surface area contributed by atoms with Crippen molar-refractivity contribution in [3.05, 3.63) is 29.3 Å². The molecule has 1 aromatic rings. The lowest BCUT2D eigenvalue weighted by molar-refractivity contribution is -0.117. The third kappa shape index (κ3) is 4.09. The summed E-state index contributed by atoms with van der Waals surface area (Å²) in [5, 5.41) is 0. The second-order valence-corrected chi connectivity index (χ2v) is 5.74. The van der Waals surface area contributed by atoms with Crippen LogP contribution in [-0.2, 0) is 11.2 Å². The minimum absolute atomic E-state index is 0.318. The molecule has 1 heterocycles. The fourth-order valence-corrected chi connectivity index (χ4v) is 2.89. The summed E-state index contributed by atoms with van der Waals surface area (Å²) in [5.41, 5.74) is 4.31. The van der Waals surface area contributed by atoms with Crippen LogP contribution in [0, 0.1) is 6.92 Å². The van der Waals surface area contributed by atoms with Crippen LogP contribution in [-0.4, -0.2) is 18.9 Å². The molecule has 104 valence electrons. The Morgan fingerprint density at radius 2 is 2.11 bits per heavy atom. The van der Waals surface area contributed by atoms with Crippen LogP contribution in [0.3, 0.4) is 0 Å². The number of unbranched alkanes of at least 4 members (excludes halogenated alkanes) is 2. The highest BCUT2D eigenvalue weighted by molar-refractivity contribution is 5.75. The van der Waals surface area contributed by atoms with E-state index in [0.717, 1.165) is 25.8 Å². The number of hydrogen-bond donors (Lipinski definition) is 0. The van der Waals surface area contributed by atoms with Crippen molar-refractivity contribution in [2.24, 2.45) is 0 Å². The van der Waals surface area contributed by atoms with Crippen LogP contribution >= 0.6 is 0 Å². The molecule has 0 unspecified atom stereocenters. The predicted octanol–water partition coefficient (Wildman–Crippen LogP) is 3.90. The highest BCUT2D eigenvalue weighted by atomic mass is 16.1. The third-order valence-electron chi connectivity index (χ3n) is 3.91. The minimum Gasteiger partial charge on any atom is -0.371 e. The van der Waals surface area contributed by atoms with Crippen molar-refractivity contribution in [3.8, 4) is 0 Å². The lowest BCUT2D eigenvalue weighted by atomic mass is 9.99. The number of carbonyl (C=O) groups excluding carboxylic acids is 1. The van der Waals surface area contributed by atoms with Crippen LogP contribution in [0.1, 0.15) is 50.2 Å². The van der Waals surface area contributed by atoms with Crippen LogP contribution in [0.5, 0.6) is 0 Å². The zero-order valence-corrected chi connectivity index (χ0v) is 12.2. The molecule has 0 saturated carbocycles. The van der Waals surface area contributed by atoms with Crippen molar-refractivity contribution in [2.45, 2.75) is 52.4 Å². The molecule has 2 rings (SSSR count). The number of benzene rings is 1. The van der Waals surface area contributed by atoms with Crippen molar-refractivity contribution in [1.29, 1.82) is 0 Å². The molecule has 0 bridgehead atoms. The Morgan fingerprint density at radius 1 is 1.26 bits per heavy atom. The summed E-state index contributed by atoms with van der Waals surface area (Å²) in [7, 11) is 0. The summed E-state index contributed by atoms with van der Waals surface area (Å²) < 4.78 is 0. The largest absolute Gasteiger partial charge is 0.371 e. The first-order valence-electron chi connectivity index (χ1n) is 7.51. The van der Waals surface area contributed by atoms with E-state index in [1.165, 1.54) is 42.6 Å². The van der Waals surface area contributed by atoms with Gasteiger partial charge in [0.15, 0.2) is 0 Å². The fourth-order valence-electron chi connectivity index (χ4n) is 2.89. The summed E-state index contributed by atoms with van der Waals surface area (Å²) in [6, 6.07) is 6.82. The van der Waals surface area contributed by atoms with Gasteiger partial charge >= 0.3 is 0 Å². The molecule has 1 aliphatic heterocycles. The van der Waals surface area contributed by atoms with E-state index in [-0.39, 0.29) is 0 Å². The predicted molar refractivity (Wildman–Crippen MR) is 80.9 cm³/mol. The van der Waals surface area contributed by atoms with E-state index in [4.69, 9.17) is 0 Å². The van der Waals surface area contributed by atoms with Crippen LogP contribution in [0.15, 0.2) is 18.2 Å². The van der Waals surface area contributed by atoms with E-state index in [1.807, 2.05) is 0 Å². The maximum Gasteiger partial charge on any atom is 0.129 e. The maximum absolute atomic E-state index is 10.9. The van der Waals surface area contributed by atoms with Crippen LogP contribution in [0.25, 0.3) is 0 Å². The monoisotopic (exact) mass is 259 g/mol. The topological polar surface area (TPSA) is 20.3 Å². The van der Waals surface area contributed by atoms with Crippen molar-refractivity contribution >= 4 is 11.5 Å². The third-order valence-corrected chi connectivity index (χ3v) is 3.91. The quantitative estimate of drug-likeness (QED) is 0.722. The van der Waals surface area contributed by atoms with Crippen LogP contribution < -0.4 is 4.90 Å². The second-order valence-electron chi connectivity index (χ2n) is 5.74. The Labute approximate surface area is 116 Å². The SMILES string of the molecule is CC(=O)CCCCCN1CCCc2cc(C)ccc21. The highest BCUT2D eigenvalue weighted by Crippen LogP contribution is 2.28. The normalized spacial score (nSPS) is 14.3. The summed E-state index contributed by atoms with van der Waals surface area (Å²) >= 11 is 0. The van der Waals surface area contributed by atoms with Gasteiger partial charge in [-0.2, -0.15) is 0 Å². The molecule has 0 aromatic heterocycles. The second kappa shape index (κ2) is 6.74. The summed E-state index contributed by atoms with van der Waals surface area (Å²) in [4.78, 5) is 13.4. The first kappa shape index (κ1) is 14.1. The molecule has 1 aromatic carbocycles. The van der Waals surface area contributed by atoms with Gasteiger partial charge in [-0.1, -0.05) is 24.1 Å². The van der Waals surface area contributed by atoms with Gasteiger partial charge in [0.2, 0.25) is 0 Å². The molecule has 0 spiro atoms. The Kier molecular flexibility index (Phi) is 5.00. The van der Waals surface area contributed by atoms with Crippen LogP contribution in [0.2, 0.25) is 0 Å². The van der Waals surface area contributed by atoms with E-state index < -0.39 is 0 Å². The molecule has 0 aliphatic carbocycles. The van der Waals surface area contributed by atoms with E-state index in [2.05, 4.69) is 30.0 Å². The molecule has 0 atom stereocenters. The Morgan fingerprint density at radius 3 is 2.89 bits per heavy atom. The van der Waals surface area contributed by atoms with Gasteiger partial charge in [-0.25, -0.2) is 0 Å². The Hall–Kier alpha value is -1.31. The number of hydrogen-bond acceptors (Lipinski definition) is 2. The van der Waals surface area contributed by atoms with Gasteiger partial charge < -0.3 is 9.69 Å². The van der Waals surface area contributed by atoms with Gasteiger partial charge in [-0.3, -0.25) is 0 Å². The molecular formula is C17H25NO. The fraction of sp³-hybridized carbons (Fsp3) is 0.588. The number of fused-ring (bicyclic) bond motifs is 1. The van der Waals surface area contributed by atoms with Gasteiger partial charge in [0.05, 0.1) is 0 Å². The Bertz CT molecular complexity index is 439. The van der Waals surface area contributed by atoms with Crippen molar-refractivity contribution in [3.63, 3.8) is 0 Å². The number of rotatable bonds is 6. The molecule has 1 aliphatic rings. The average Bonchev–Trinajstić information content (AvgIpc) is 2.37. The number of Topliss-reactive ketones (excluding diaryl/α,β-unsaturated/α-hetero) is 1. The van der Waals surface area contributed by atoms with Crippen molar-refractivity contribution in [1.82, 2.24) is 0 Å². The van der Waals surface area contributed by atoms with Gasteiger partial charge in [0.1, 0.15) is 5.78 Å². The summed E-state index contributed by atoms with van der Waals surface area (Å²) in [5.74, 6) is 0.318. The molecular weight excluding hydrogens is 234 g/mol. The average molecular weight is 259 g/mol. The molecule has 0 radical (unpaired) electrons. The maximum atomic E-state index is 10.9. The lowest BCUT2D eigenvalue weighted by Gasteiger charge is -2.31. The Balaban J connectivity index is 1.84. The number of carbonyl (C=O) groups is 1. The van der Waals surface area contributed by atoms with E-state index in [9.17, 15) is 4.79 Å². The molecule has 2 heteroatoms. The number of nitrogens with zero attached hydrogens (tertiary/aromatic N) is 1. The van der Waals surface area contributed by atoms with Gasteiger partial charge in [0.25, 0.3) is 0 Å². The van der Waals surface area contributed by atoms with Gasteiger partial charge in [0, 0.05) is 25.2 Å². The molecule has 0 saturated heterocycles. The van der Waals surface area contributed by atoms with E-state index in [0.29, 0.717) is 5.78 Å². The highest BCUT2D eigenvalue weighted by Gasteiger charge is 2.15. The van der Waals surface area contributed by atoms with Gasteiger partial charge in [-0.05, 0) is 51.2 Å². The smallest absolute Gasteiger partial charge is 0.129 e. The molecule has 19 heavy (non-hydrogen) atoms. The molecule has 0 fully saturated rings. The lowest BCUT2D eigenvalue weighted by Crippen LogP contribution is -2.30. The van der Waals surface area contributed by atoms with Crippen molar-refractivity contribution < 1.29 is 4.79 Å². The van der Waals surface area contributed by atoms with Gasteiger partial charge in [-0.15, -0.1) is 0 Å². The van der Waals surface area contributed by atoms with Crippen molar-refractivity contribution in [2.75, 3.05) is 18.0 Å². The molecule has 2 nitrogen and oxygen atoms in total. The standard InChI is InChI=1S/C17H25NO/c1-14-9-10-17-16(13-14)8-6-12-18(17)11-5-3-4-7-15(2)19/h9-10,13H,3-8,11-12H2,1-2H3. The zero-order chi connectivity index (χ0) is 13.7. The number of aryl methyl sites for hydroxylation is 2. The molecule has 0 amide bonds. The summed E-state index contributed by atoms with van der Waals surface area (Å²) in [6.07, 6.45) is 6.64. The minimum atomic E-state index is 0.318.